The molecule has 0 radical (unpaired) electrons. The third-order valence-corrected chi connectivity index (χ3v) is 5.21. The highest BCUT2D eigenvalue weighted by atomic mass is 32.2. The van der Waals surface area contributed by atoms with Crippen molar-refractivity contribution in [1.29, 1.82) is 0 Å². The number of ether oxygens (including phenoxy) is 1. The Bertz CT molecular complexity index is 560. The molecule has 92 valence electrons. The molecule has 1 aliphatic heterocycles. The van der Waals surface area contributed by atoms with Crippen molar-refractivity contribution in [1.82, 2.24) is 0 Å². The molecular weight excluding hydrogens is 240 g/mol. The second kappa shape index (κ2) is 4.14. The molecular formula is C12H14O4S. The first-order chi connectivity index (χ1) is 7.96. The molecule has 17 heavy (non-hydrogen) atoms. The van der Waals surface area contributed by atoms with Gasteiger partial charge in [-0.1, -0.05) is 6.07 Å². The zero-order chi connectivity index (χ0) is 12.6. The lowest BCUT2D eigenvalue weighted by atomic mass is 10.1. The maximum atomic E-state index is 12.2. The highest BCUT2D eigenvalue weighted by Gasteiger charge is 2.39. The van der Waals surface area contributed by atoms with Gasteiger partial charge >= 0.3 is 0 Å². The molecule has 0 saturated heterocycles. The van der Waals surface area contributed by atoms with Crippen molar-refractivity contribution in [2.24, 2.45) is 0 Å². The van der Waals surface area contributed by atoms with Crippen LogP contribution < -0.4 is 4.74 Å². The van der Waals surface area contributed by atoms with Gasteiger partial charge in [0, 0.05) is 12.0 Å². The van der Waals surface area contributed by atoms with Crippen LogP contribution in [0, 0.1) is 0 Å². The molecule has 0 bridgehead atoms. The molecule has 4 nitrogen and oxygen atoms in total. The van der Waals surface area contributed by atoms with Crippen LogP contribution in [0.4, 0.5) is 0 Å². The second-order valence-electron chi connectivity index (χ2n) is 4.21. The van der Waals surface area contributed by atoms with Crippen molar-refractivity contribution in [3.05, 3.63) is 23.8 Å². The molecule has 1 heterocycles. The van der Waals surface area contributed by atoms with Gasteiger partial charge in [-0.05, 0) is 25.5 Å². The van der Waals surface area contributed by atoms with E-state index in [1.54, 1.807) is 18.2 Å². The van der Waals surface area contributed by atoms with Crippen LogP contribution in [-0.4, -0.2) is 26.6 Å². The number of benzene rings is 1. The van der Waals surface area contributed by atoms with E-state index >= 15 is 0 Å². The standard InChI is InChI=1S/C12H14O4S/c1-8(13)6-9-7-10-11(16-2)4-3-5-12(10)17(9,14)15/h3-5,9H,6-7H2,1-2H3. The van der Waals surface area contributed by atoms with Crippen LogP contribution >= 0.6 is 0 Å². The van der Waals surface area contributed by atoms with E-state index in [9.17, 15) is 13.2 Å². The van der Waals surface area contributed by atoms with Gasteiger partial charge in [0.25, 0.3) is 0 Å². The normalized spacial score (nSPS) is 20.9. The van der Waals surface area contributed by atoms with E-state index in [1.807, 2.05) is 0 Å². The smallest absolute Gasteiger partial charge is 0.182 e. The first kappa shape index (κ1) is 12.1. The molecule has 0 N–H and O–H groups in total. The second-order valence-corrected chi connectivity index (χ2v) is 6.41. The third kappa shape index (κ3) is 1.95. The highest BCUT2D eigenvalue weighted by molar-refractivity contribution is 7.92. The number of hydrogen-bond donors (Lipinski definition) is 0. The van der Waals surface area contributed by atoms with Crippen LogP contribution in [0.5, 0.6) is 5.75 Å². The summed E-state index contributed by atoms with van der Waals surface area (Å²) < 4.78 is 29.5. The molecule has 1 aliphatic rings. The summed E-state index contributed by atoms with van der Waals surface area (Å²) in [4.78, 5) is 11.4. The van der Waals surface area contributed by atoms with Gasteiger partial charge in [0.05, 0.1) is 17.3 Å². The van der Waals surface area contributed by atoms with Crippen LogP contribution in [0.15, 0.2) is 23.1 Å². The Hall–Kier alpha value is -1.36. The van der Waals surface area contributed by atoms with E-state index in [2.05, 4.69) is 0 Å². The average Bonchev–Trinajstić information content (AvgIpc) is 2.50. The van der Waals surface area contributed by atoms with Gasteiger partial charge in [0.2, 0.25) is 0 Å². The van der Waals surface area contributed by atoms with Crippen LogP contribution in [0.2, 0.25) is 0 Å². The van der Waals surface area contributed by atoms with Crippen LogP contribution in [0.3, 0.4) is 0 Å². The zero-order valence-corrected chi connectivity index (χ0v) is 10.6. The fourth-order valence-electron chi connectivity index (χ4n) is 2.22. The number of sulfone groups is 1. The summed E-state index contributed by atoms with van der Waals surface area (Å²) >= 11 is 0. The number of carbonyl (C=O) groups excluding carboxylic acids is 1. The third-order valence-electron chi connectivity index (χ3n) is 3.00. The molecule has 0 saturated carbocycles. The molecule has 1 atom stereocenters. The van der Waals surface area contributed by atoms with Gasteiger partial charge in [-0.3, -0.25) is 4.79 Å². The molecule has 1 aromatic rings. The molecule has 0 aromatic heterocycles. The lowest BCUT2D eigenvalue weighted by Crippen LogP contribution is -2.19. The van der Waals surface area contributed by atoms with Crippen LogP contribution in [-0.2, 0) is 21.1 Å². The number of Topliss-reactive ketones (excluding diaryl/α,β-unsaturated/α-hetero) is 1. The number of methoxy groups -OCH3 is 1. The monoisotopic (exact) mass is 254 g/mol. The Morgan fingerprint density at radius 1 is 1.47 bits per heavy atom. The van der Waals surface area contributed by atoms with E-state index in [-0.39, 0.29) is 12.2 Å². The van der Waals surface area contributed by atoms with Crippen molar-refractivity contribution in [3.63, 3.8) is 0 Å². The number of carbonyl (C=O) groups is 1. The van der Waals surface area contributed by atoms with Gasteiger partial charge in [-0.25, -0.2) is 8.42 Å². The topological polar surface area (TPSA) is 60.4 Å². The maximum Gasteiger partial charge on any atom is 0.182 e. The van der Waals surface area contributed by atoms with Crippen molar-refractivity contribution in [3.8, 4) is 5.75 Å². The molecule has 0 aliphatic carbocycles. The fraction of sp³-hybridized carbons (Fsp3) is 0.417. The van der Waals surface area contributed by atoms with Crippen molar-refractivity contribution < 1.29 is 17.9 Å². The summed E-state index contributed by atoms with van der Waals surface area (Å²) in [5, 5.41) is -0.633. The maximum absolute atomic E-state index is 12.2. The van der Waals surface area contributed by atoms with Crippen molar-refractivity contribution >= 4 is 15.6 Å². The summed E-state index contributed by atoms with van der Waals surface area (Å²) in [5.41, 5.74) is 0.696. The van der Waals surface area contributed by atoms with Gasteiger partial charge in [-0.15, -0.1) is 0 Å². The van der Waals surface area contributed by atoms with Gasteiger partial charge in [0.1, 0.15) is 11.5 Å². The Morgan fingerprint density at radius 2 is 2.18 bits per heavy atom. The number of ketones is 1. The number of hydrogen-bond acceptors (Lipinski definition) is 4. The summed E-state index contributed by atoms with van der Waals surface area (Å²) in [5.74, 6) is 0.475. The SMILES string of the molecule is COc1cccc2c1CC(CC(C)=O)S2(=O)=O. The quantitative estimate of drug-likeness (QED) is 0.817. The van der Waals surface area contributed by atoms with Crippen molar-refractivity contribution in [2.45, 2.75) is 29.9 Å². The summed E-state index contributed by atoms with van der Waals surface area (Å²) in [6, 6.07) is 4.98. The Kier molecular flexibility index (Phi) is 2.95. The summed E-state index contributed by atoms with van der Waals surface area (Å²) in [6.45, 7) is 1.41. The lowest BCUT2D eigenvalue weighted by molar-refractivity contribution is -0.117. The predicted molar refractivity (Wildman–Crippen MR) is 63.0 cm³/mol. The molecule has 1 aromatic carbocycles. The van der Waals surface area contributed by atoms with Gasteiger partial charge in [-0.2, -0.15) is 0 Å². The van der Waals surface area contributed by atoms with E-state index in [0.717, 1.165) is 0 Å². The molecule has 0 amide bonds. The molecule has 0 spiro atoms. The van der Waals surface area contributed by atoms with Gasteiger partial charge < -0.3 is 4.74 Å². The first-order valence-corrected chi connectivity index (χ1v) is 6.90. The summed E-state index contributed by atoms with van der Waals surface area (Å²) in [7, 11) is -1.86. The first-order valence-electron chi connectivity index (χ1n) is 5.36. The van der Waals surface area contributed by atoms with E-state index < -0.39 is 15.1 Å². The number of fused-ring (bicyclic) bond motifs is 1. The van der Waals surface area contributed by atoms with Gasteiger partial charge in [0.15, 0.2) is 9.84 Å². The molecule has 1 unspecified atom stereocenters. The fourth-order valence-corrected chi connectivity index (χ4v) is 4.22. The number of rotatable bonds is 3. The minimum Gasteiger partial charge on any atom is -0.496 e. The minimum atomic E-state index is -3.37. The van der Waals surface area contributed by atoms with Crippen LogP contribution in [0.25, 0.3) is 0 Å². The summed E-state index contributed by atoms with van der Waals surface area (Å²) in [6.07, 6.45) is 0.432. The lowest BCUT2D eigenvalue weighted by Gasteiger charge is -2.05. The Morgan fingerprint density at radius 3 is 2.76 bits per heavy atom. The highest BCUT2D eigenvalue weighted by Crippen LogP contribution is 2.38. The molecule has 5 heteroatoms. The van der Waals surface area contributed by atoms with E-state index in [0.29, 0.717) is 22.6 Å². The largest absolute Gasteiger partial charge is 0.496 e. The van der Waals surface area contributed by atoms with E-state index in [4.69, 9.17) is 4.74 Å². The van der Waals surface area contributed by atoms with Crippen molar-refractivity contribution in [2.75, 3.05) is 7.11 Å². The van der Waals surface area contributed by atoms with Crippen LogP contribution in [0.1, 0.15) is 18.9 Å². The zero-order valence-electron chi connectivity index (χ0n) is 9.76. The predicted octanol–water partition coefficient (Wildman–Crippen LogP) is 1.37. The molecule has 0 fully saturated rings. The van der Waals surface area contributed by atoms with E-state index in [1.165, 1.54) is 14.0 Å². The minimum absolute atomic E-state index is 0.0696. The average molecular weight is 254 g/mol. The molecule has 2 rings (SSSR count). The Balaban J connectivity index is 2.50. The Labute approximate surface area is 101 Å².